The van der Waals surface area contributed by atoms with Crippen LogP contribution in [0.1, 0.15) is 24.6 Å². The Morgan fingerprint density at radius 3 is 2.93 bits per heavy atom. The molecule has 2 nitrogen and oxygen atoms in total. The first kappa shape index (κ1) is 10.2. The monoisotopic (exact) mass is 273 g/mol. The second-order valence-electron chi connectivity index (χ2n) is 3.99. The SMILES string of the molecule is CC1(Cc2ccc(Br)s2)CCC(=O)N1. The van der Waals surface area contributed by atoms with Gasteiger partial charge in [-0.1, -0.05) is 0 Å². The van der Waals surface area contributed by atoms with E-state index in [-0.39, 0.29) is 11.4 Å². The van der Waals surface area contributed by atoms with Crippen molar-refractivity contribution in [2.75, 3.05) is 0 Å². The number of halogens is 1. The Bertz CT molecular complexity index is 363. The molecular weight excluding hydrogens is 262 g/mol. The standard InChI is InChI=1S/C10H12BrNOS/c1-10(5-4-9(13)12-10)6-7-2-3-8(11)14-7/h2-3H,4-6H2,1H3,(H,12,13). The summed E-state index contributed by atoms with van der Waals surface area (Å²) in [5.41, 5.74) is -0.0264. The zero-order valence-corrected chi connectivity index (χ0v) is 10.4. The van der Waals surface area contributed by atoms with E-state index >= 15 is 0 Å². The van der Waals surface area contributed by atoms with Gasteiger partial charge in [0.25, 0.3) is 0 Å². The molecule has 76 valence electrons. The van der Waals surface area contributed by atoms with Gasteiger partial charge in [0.15, 0.2) is 0 Å². The molecule has 1 aromatic rings. The molecular formula is C10H12BrNOS. The van der Waals surface area contributed by atoms with E-state index in [1.165, 1.54) is 4.88 Å². The average molecular weight is 274 g/mol. The van der Waals surface area contributed by atoms with E-state index in [4.69, 9.17) is 0 Å². The molecule has 1 amide bonds. The van der Waals surface area contributed by atoms with E-state index < -0.39 is 0 Å². The third-order valence-electron chi connectivity index (χ3n) is 2.54. The Labute approximate surface area is 95.8 Å². The first-order valence-electron chi connectivity index (χ1n) is 4.63. The van der Waals surface area contributed by atoms with Crippen molar-refractivity contribution in [1.29, 1.82) is 0 Å². The molecule has 0 saturated carbocycles. The van der Waals surface area contributed by atoms with E-state index in [1.54, 1.807) is 11.3 Å². The summed E-state index contributed by atoms with van der Waals surface area (Å²) in [7, 11) is 0. The molecule has 1 unspecified atom stereocenters. The second-order valence-corrected chi connectivity index (χ2v) is 6.54. The number of hydrogen-bond donors (Lipinski definition) is 1. The van der Waals surface area contributed by atoms with Crippen molar-refractivity contribution in [2.45, 2.75) is 31.7 Å². The van der Waals surface area contributed by atoms with Crippen LogP contribution in [0, 0.1) is 0 Å². The van der Waals surface area contributed by atoms with Gasteiger partial charge in [0.1, 0.15) is 0 Å². The van der Waals surface area contributed by atoms with Crippen LogP contribution in [0.25, 0.3) is 0 Å². The zero-order valence-electron chi connectivity index (χ0n) is 7.97. The first-order chi connectivity index (χ1) is 6.57. The molecule has 1 aromatic heterocycles. The van der Waals surface area contributed by atoms with E-state index in [1.807, 2.05) is 0 Å². The second kappa shape index (κ2) is 3.66. The Kier molecular flexibility index (Phi) is 2.66. The van der Waals surface area contributed by atoms with Crippen LogP contribution in [0.5, 0.6) is 0 Å². The quantitative estimate of drug-likeness (QED) is 0.882. The molecule has 0 radical (unpaired) electrons. The van der Waals surface area contributed by atoms with Crippen LogP contribution in [0.2, 0.25) is 0 Å². The van der Waals surface area contributed by atoms with Crippen LogP contribution < -0.4 is 5.32 Å². The maximum Gasteiger partial charge on any atom is 0.220 e. The zero-order chi connectivity index (χ0) is 10.2. The molecule has 0 aliphatic carbocycles. The van der Waals surface area contributed by atoms with Gasteiger partial charge in [-0.3, -0.25) is 4.79 Å². The molecule has 1 aliphatic rings. The molecule has 1 fully saturated rings. The van der Waals surface area contributed by atoms with Gasteiger partial charge in [-0.05, 0) is 41.4 Å². The van der Waals surface area contributed by atoms with E-state index in [2.05, 4.69) is 40.3 Å². The number of amides is 1. The van der Waals surface area contributed by atoms with Crippen molar-refractivity contribution >= 4 is 33.2 Å². The fourth-order valence-electron chi connectivity index (χ4n) is 1.81. The normalized spacial score (nSPS) is 26.6. The van der Waals surface area contributed by atoms with Crippen LogP contribution in [-0.2, 0) is 11.2 Å². The van der Waals surface area contributed by atoms with Crippen LogP contribution in [0.3, 0.4) is 0 Å². The van der Waals surface area contributed by atoms with Gasteiger partial charge in [-0.25, -0.2) is 0 Å². The topological polar surface area (TPSA) is 29.1 Å². The lowest BCUT2D eigenvalue weighted by molar-refractivity contribution is -0.119. The lowest BCUT2D eigenvalue weighted by Gasteiger charge is -2.22. The molecule has 2 heterocycles. The third-order valence-corrected chi connectivity index (χ3v) is 4.16. The van der Waals surface area contributed by atoms with Gasteiger partial charge in [0.05, 0.1) is 3.79 Å². The van der Waals surface area contributed by atoms with Gasteiger partial charge < -0.3 is 5.32 Å². The average Bonchev–Trinajstić information content (AvgIpc) is 2.60. The molecule has 1 atom stereocenters. The third kappa shape index (κ3) is 2.17. The molecule has 0 spiro atoms. The largest absolute Gasteiger partial charge is 0.351 e. The number of rotatable bonds is 2. The highest BCUT2D eigenvalue weighted by Crippen LogP contribution is 2.29. The van der Waals surface area contributed by atoms with Crippen molar-refractivity contribution in [2.24, 2.45) is 0 Å². The fraction of sp³-hybridized carbons (Fsp3) is 0.500. The van der Waals surface area contributed by atoms with Gasteiger partial charge in [-0.15, -0.1) is 11.3 Å². The molecule has 1 N–H and O–H groups in total. The van der Waals surface area contributed by atoms with Crippen molar-refractivity contribution < 1.29 is 4.79 Å². The number of carbonyl (C=O) groups excluding carboxylic acids is 1. The molecule has 2 rings (SSSR count). The maximum atomic E-state index is 11.1. The van der Waals surface area contributed by atoms with Crippen LogP contribution in [0.4, 0.5) is 0 Å². The van der Waals surface area contributed by atoms with Gasteiger partial charge in [0.2, 0.25) is 5.91 Å². The van der Waals surface area contributed by atoms with Crippen molar-refractivity contribution in [3.8, 4) is 0 Å². The summed E-state index contributed by atoms with van der Waals surface area (Å²) in [6, 6.07) is 4.17. The van der Waals surface area contributed by atoms with Crippen molar-refractivity contribution in [1.82, 2.24) is 5.32 Å². The van der Waals surface area contributed by atoms with Crippen LogP contribution >= 0.6 is 27.3 Å². The minimum atomic E-state index is -0.0264. The molecule has 1 aliphatic heterocycles. The highest BCUT2D eigenvalue weighted by atomic mass is 79.9. The van der Waals surface area contributed by atoms with E-state index in [0.29, 0.717) is 6.42 Å². The lowest BCUT2D eigenvalue weighted by Crippen LogP contribution is -2.40. The number of hydrogen-bond acceptors (Lipinski definition) is 2. The van der Waals surface area contributed by atoms with Crippen LogP contribution in [-0.4, -0.2) is 11.4 Å². The highest BCUT2D eigenvalue weighted by Gasteiger charge is 2.33. The lowest BCUT2D eigenvalue weighted by atomic mass is 9.95. The minimum Gasteiger partial charge on any atom is -0.351 e. The predicted octanol–water partition coefficient (Wildman–Crippen LogP) is 2.72. The molecule has 4 heteroatoms. The van der Waals surface area contributed by atoms with Gasteiger partial charge >= 0.3 is 0 Å². The minimum absolute atomic E-state index is 0.0264. The molecule has 0 aromatic carbocycles. The summed E-state index contributed by atoms with van der Waals surface area (Å²) in [5, 5.41) is 3.04. The fourth-order valence-corrected chi connectivity index (χ4v) is 3.48. The van der Waals surface area contributed by atoms with E-state index in [0.717, 1.165) is 16.6 Å². The van der Waals surface area contributed by atoms with Crippen molar-refractivity contribution in [3.63, 3.8) is 0 Å². The first-order valence-corrected chi connectivity index (χ1v) is 6.24. The molecule has 0 bridgehead atoms. The number of nitrogens with one attached hydrogen (secondary N) is 1. The summed E-state index contributed by atoms with van der Waals surface area (Å²) in [6.45, 7) is 2.12. The summed E-state index contributed by atoms with van der Waals surface area (Å²) >= 11 is 5.18. The Balaban J connectivity index is 2.07. The summed E-state index contributed by atoms with van der Waals surface area (Å²) in [5.74, 6) is 0.183. The van der Waals surface area contributed by atoms with Crippen LogP contribution in [0.15, 0.2) is 15.9 Å². The van der Waals surface area contributed by atoms with Crippen molar-refractivity contribution in [3.05, 3.63) is 20.8 Å². The maximum absolute atomic E-state index is 11.1. The summed E-state index contributed by atoms with van der Waals surface area (Å²) in [6.07, 6.45) is 2.55. The smallest absolute Gasteiger partial charge is 0.220 e. The highest BCUT2D eigenvalue weighted by molar-refractivity contribution is 9.11. The summed E-state index contributed by atoms with van der Waals surface area (Å²) < 4.78 is 1.15. The number of thiophene rings is 1. The molecule has 14 heavy (non-hydrogen) atoms. The van der Waals surface area contributed by atoms with Gasteiger partial charge in [-0.2, -0.15) is 0 Å². The number of carbonyl (C=O) groups is 1. The van der Waals surface area contributed by atoms with Gasteiger partial charge in [0, 0.05) is 23.3 Å². The Morgan fingerprint density at radius 1 is 1.64 bits per heavy atom. The van der Waals surface area contributed by atoms with E-state index in [9.17, 15) is 4.79 Å². The Hall–Kier alpha value is -0.350. The molecule has 1 saturated heterocycles. The Morgan fingerprint density at radius 2 is 2.43 bits per heavy atom. The summed E-state index contributed by atoms with van der Waals surface area (Å²) in [4.78, 5) is 12.5. The predicted molar refractivity (Wildman–Crippen MR) is 61.5 cm³/mol.